The van der Waals surface area contributed by atoms with Crippen molar-refractivity contribution in [3.63, 3.8) is 0 Å². The van der Waals surface area contributed by atoms with Gasteiger partial charge in [0.2, 0.25) is 5.91 Å². The highest BCUT2D eigenvalue weighted by molar-refractivity contribution is 5.75. The summed E-state index contributed by atoms with van der Waals surface area (Å²) in [6, 6.07) is 10.5. The largest absolute Gasteiger partial charge is 1.00 e. The van der Waals surface area contributed by atoms with Gasteiger partial charge in [0.15, 0.2) is 0 Å². The number of likely N-dealkylation sites (N-methyl/N-ethyl adjacent to an activating group) is 1. The van der Waals surface area contributed by atoms with E-state index in [0.29, 0.717) is 6.42 Å². The van der Waals surface area contributed by atoms with E-state index in [1.165, 1.54) is 95.5 Å². The second-order valence-corrected chi connectivity index (χ2v) is 10.8. The molecule has 0 aliphatic rings. The number of halogens is 1. The zero-order valence-electron chi connectivity index (χ0n) is 23.6. The number of amides is 1. The van der Waals surface area contributed by atoms with E-state index in [1.54, 1.807) is 0 Å². The molecule has 210 valence electrons. The standard InChI is InChI=1S/C31H56N2O2.ClH/c1-3-4-5-6-7-8-9-10-11-12-13-14-15-16-20-24-31(35)32-25-21-26-33(2,27-28-34)29-30-22-18-17-19-23-30;/h17-19,22-23,34H,3-16,20-21,24-29H2,1-2H3;1H. The molecule has 0 bridgehead atoms. The number of hydrogen-bond acceptors (Lipinski definition) is 2. The molecule has 2 N–H and O–H groups in total. The van der Waals surface area contributed by atoms with Crippen LogP contribution in [0.4, 0.5) is 0 Å². The van der Waals surface area contributed by atoms with Crippen LogP contribution in [0.25, 0.3) is 0 Å². The summed E-state index contributed by atoms with van der Waals surface area (Å²) in [6.45, 7) is 5.80. The molecule has 5 heteroatoms. The number of nitrogens with zero attached hydrogens (tertiary/aromatic N) is 1. The lowest BCUT2D eigenvalue weighted by Crippen LogP contribution is -3.00. The van der Waals surface area contributed by atoms with Crippen LogP contribution >= 0.6 is 0 Å². The summed E-state index contributed by atoms with van der Waals surface area (Å²) >= 11 is 0. The highest BCUT2D eigenvalue weighted by Crippen LogP contribution is 2.14. The molecule has 0 aromatic heterocycles. The fraction of sp³-hybridized carbons (Fsp3) is 0.774. The van der Waals surface area contributed by atoms with Gasteiger partial charge in [0.1, 0.15) is 13.1 Å². The van der Waals surface area contributed by atoms with E-state index in [0.717, 1.165) is 43.5 Å². The van der Waals surface area contributed by atoms with Crippen LogP contribution in [-0.2, 0) is 11.3 Å². The molecule has 0 aliphatic heterocycles. The van der Waals surface area contributed by atoms with Gasteiger partial charge < -0.3 is 27.3 Å². The Morgan fingerprint density at radius 1 is 0.750 bits per heavy atom. The van der Waals surface area contributed by atoms with Crippen LogP contribution in [0.2, 0.25) is 0 Å². The molecule has 0 fully saturated rings. The average Bonchev–Trinajstić information content (AvgIpc) is 2.85. The van der Waals surface area contributed by atoms with E-state index < -0.39 is 0 Å². The van der Waals surface area contributed by atoms with Crippen LogP contribution in [0.5, 0.6) is 0 Å². The number of quaternary nitrogens is 1. The molecule has 0 saturated heterocycles. The monoisotopic (exact) mass is 524 g/mol. The number of nitrogens with one attached hydrogen (secondary N) is 1. The summed E-state index contributed by atoms with van der Waals surface area (Å²) in [7, 11) is 2.20. The molecule has 1 atom stereocenters. The van der Waals surface area contributed by atoms with E-state index in [2.05, 4.69) is 43.6 Å². The minimum absolute atomic E-state index is 0. The van der Waals surface area contributed by atoms with Crippen molar-refractivity contribution in [1.29, 1.82) is 0 Å². The minimum Gasteiger partial charge on any atom is -1.00 e. The molecule has 1 rings (SSSR count). The molecular formula is C31H57ClN2O2. The van der Waals surface area contributed by atoms with Crippen molar-refractivity contribution >= 4 is 5.91 Å². The number of hydrogen-bond donors (Lipinski definition) is 2. The molecule has 36 heavy (non-hydrogen) atoms. The summed E-state index contributed by atoms with van der Waals surface area (Å²) in [4.78, 5) is 12.2. The third-order valence-corrected chi connectivity index (χ3v) is 7.25. The zero-order valence-corrected chi connectivity index (χ0v) is 24.4. The van der Waals surface area contributed by atoms with Crippen molar-refractivity contribution in [2.45, 2.75) is 123 Å². The van der Waals surface area contributed by atoms with Gasteiger partial charge in [-0.05, 0) is 6.42 Å². The van der Waals surface area contributed by atoms with Gasteiger partial charge >= 0.3 is 0 Å². The lowest BCUT2D eigenvalue weighted by Gasteiger charge is -2.34. The molecule has 0 saturated carbocycles. The highest BCUT2D eigenvalue weighted by Gasteiger charge is 2.21. The van der Waals surface area contributed by atoms with Gasteiger partial charge in [-0.2, -0.15) is 0 Å². The van der Waals surface area contributed by atoms with Gasteiger partial charge in [-0.1, -0.05) is 127 Å². The number of aliphatic hydroxyl groups is 1. The van der Waals surface area contributed by atoms with Crippen LogP contribution in [0, 0.1) is 0 Å². The average molecular weight is 525 g/mol. The molecule has 1 unspecified atom stereocenters. The maximum absolute atomic E-state index is 12.2. The fourth-order valence-corrected chi connectivity index (χ4v) is 4.97. The molecule has 4 nitrogen and oxygen atoms in total. The molecule has 1 aromatic carbocycles. The number of benzene rings is 1. The number of carbonyl (C=O) groups is 1. The van der Waals surface area contributed by atoms with Gasteiger partial charge in [0.05, 0.1) is 20.2 Å². The third-order valence-electron chi connectivity index (χ3n) is 7.25. The first kappa shape index (κ1) is 34.9. The SMILES string of the molecule is CCCCCCCCCCCCCCCCCC(=O)NCCC[N+](C)(CCO)Cc1ccccc1.[Cl-]. The zero-order chi connectivity index (χ0) is 25.5. The lowest BCUT2D eigenvalue weighted by atomic mass is 10.0. The Morgan fingerprint density at radius 2 is 1.25 bits per heavy atom. The summed E-state index contributed by atoms with van der Waals surface area (Å²) in [5, 5.41) is 12.6. The van der Waals surface area contributed by atoms with Gasteiger partial charge in [-0.25, -0.2) is 0 Å². The van der Waals surface area contributed by atoms with Gasteiger partial charge in [-0.15, -0.1) is 0 Å². The Kier molecular flexibility index (Phi) is 23.5. The van der Waals surface area contributed by atoms with E-state index in [4.69, 9.17) is 0 Å². The summed E-state index contributed by atoms with van der Waals surface area (Å²) in [5.74, 6) is 0.194. The molecule has 1 amide bonds. The normalized spacial score (nSPS) is 12.6. The smallest absolute Gasteiger partial charge is 0.219 e. The van der Waals surface area contributed by atoms with Crippen molar-refractivity contribution in [2.75, 3.05) is 33.3 Å². The van der Waals surface area contributed by atoms with Crippen LogP contribution < -0.4 is 17.7 Å². The lowest BCUT2D eigenvalue weighted by molar-refractivity contribution is -0.922. The fourth-order valence-electron chi connectivity index (χ4n) is 4.97. The van der Waals surface area contributed by atoms with E-state index in [1.807, 2.05) is 6.07 Å². The van der Waals surface area contributed by atoms with Gasteiger partial charge in [0, 0.05) is 24.9 Å². The van der Waals surface area contributed by atoms with Crippen LogP contribution in [0.15, 0.2) is 30.3 Å². The molecule has 1 aromatic rings. The molecular weight excluding hydrogens is 468 g/mol. The second kappa shape index (κ2) is 24.2. The Bertz CT molecular complexity index is 614. The molecule has 0 aliphatic carbocycles. The maximum atomic E-state index is 12.2. The predicted octanol–water partition coefficient (Wildman–Crippen LogP) is 4.40. The van der Waals surface area contributed by atoms with Crippen molar-refractivity contribution in [2.24, 2.45) is 0 Å². The molecule has 0 heterocycles. The number of rotatable bonds is 24. The number of carbonyl (C=O) groups excluding carboxylic acids is 1. The first-order valence-corrected chi connectivity index (χ1v) is 14.8. The summed E-state index contributed by atoms with van der Waals surface area (Å²) < 4.78 is 0.801. The van der Waals surface area contributed by atoms with Crippen LogP contribution in [-0.4, -0.2) is 48.8 Å². The number of unbranched alkanes of at least 4 members (excludes halogenated alkanes) is 14. The van der Waals surface area contributed by atoms with Crippen molar-refractivity contribution in [1.82, 2.24) is 5.32 Å². The summed E-state index contributed by atoms with van der Waals surface area (Å²) in [6.07, 6.45) is 21.8. The Hall–Kier alpha value is -1.10. The second-order valence-electron chi connectivity index (χ2n) is 10.8. The van der Waals surface area contributed by atoms with Crippen molar-refractivity contribution in [3.8, 4) is 0 Å². The van der Waals surface area contributed by atoms with Gasteiger partial charge in [0.25, 0.3) is 0 Å². The van der Waals surface area contributed by atoms with E-state index >= 15 is 0 Å². The minimum atomic E-state index is 0. The predicted molar refractivity (Wildman–Crippen MR) is 150 cm³/mol. The van der Waals surface area contributed by atoms with E-state index in [9.17, 15) is 9.90 Å². The van der Waals surface area contributed by atoms with Gasteiger partial charge in [-0.3, -0.25) is 4.79 Å². The molecule has 0 radical (unpaired) electrons. The summed E-state index contributed by atoms with van der Waals surface area (Å²) in [5.41, 5.74) is 1.29. The van der Waals surface area contributed by atoms with Crippen molar-refractivity contribution in [3.05, 3.63) is 35.9 Å². The molecule has 0 spiro atoms. The quantitative estimate of drug-likeness (QED) is 0.155. The topological polar surface area (TPSA) is 49.3 Å². The van der Waals surface area contributed by atoms with E-state index in [-0.39, 0.29) is 24.9 Å². The third kappa shape index (κ3) is 20.0. The number of aliphatic hydroxyl groups excluding tert-OH is 1. The first-order chi connectivity index (χ1) is 17.1. The highest BCUT2D eigenvalue weighted by atomic mass is 35.5. The Morgan fingerprint density at radius 3 is 1.75 bits per heavy atom. The van der Waals surface area contributed by atoms with Crippen molar-refractivity contribution < 1.29 is 26.8 Å². The van der Waals surface area contributed by atoms with Crippen LogP contribution in [0.3, 0.4) is 0 Å². The maximum Gasteiger partial charge on any atom is 0.219 e. The van der Waals surface area contributed by atoms with Crippen LogP contribution in [0.1, 0.15) is 122 Å². The Labute approximate surface area is 229 Å². The first-order valence-electron chi connectivity index (χ1n) is 14.8. The Balaban J connectivity index is 0.0000122.